The molecule has 8 aromatic carbocycles. The zero-order chi connectivity index (χ0) is 37.0. The summed E-state index contributed by atoms with van der Waals surface area (Å²) in [7, 11) is 0. The van der Waals surface area contributed by atoms with E-state index >= 15 is 0 Å². The second kappa shape index (κ2) is 13.3. The fourth-order valence-corrected chi connectivity index (χ4v) is 9.09. The monoisotopic (exact) mass is 733 g/mol. The highest BCUT2D eigenvalue weighted by molar-refractivity contribution is 7.26. The lowest BCUT2D eigenvalue weighted by molar-refractivity contribution is 0.670. The Morgan fingerprint density at radius 1 is 0.339 bits per heavy atom. The van der Waals surface area contributed by atoms with E-state index in [0.717, 1.165) is 55.3 Å². The van der Waals surface area contributed by atoms with Crippen molar-refractivity contribution in [1.29, 1.82) is 0 Å². The molecule has 11 rings (SSSR count). The summed E-state index contributed by atoms with van der Waals surface area (Å²) in [6.07, 6.45) is 0. The molecular formula is C51H31N3OS. The van der Waals surface area contributed by atoms with Crippen molar-refractivity contribution >= 4 is 53.4 Å². The number of thiophene rings is 1. The number of hydrogen-bond donors (Lipinski definition) is 0. The maximum atomic E-state index is 6.92. The van der Waals surface area contributed by atoms with Crippen LogP contribution in [0.5, 0.6) is 0 Å². The minimum absolute atomic E-state index is 0.600. The average molecular weight is 734 g/mol. The lowest BCUT2D eigenvalue weighted by Crippen LogP contribution is -2.00. The number of nitrogens with zero attached hydrogens (tertiary/aromatic N) is 3. The topological polar surface area (TPSA) is 51.8 Å². The van der Waals surface area contributed by atoms with E-state index in [1.54, 1.807) is 0 Å². The molecular weight excluding hydrogens is 703 g/mol. The van der Waals surface area contributed by atoms with Crippen molar-refractivity contribution in [2.75, 3.05) is 0 Å². The van der Waals surface area contributed by atoms with Crippen LogP contribution in [0.4, 0.5) is 0 Å². The van der Waals surface area contributed by atoms with Crippen molar-refractivity contribution in [3.05, 3.63) is 188 Å². The van der Waals surface area contributed by atoms with Crippen molar-refractivity contribution in [3.8, 4) is 67.5 Å². The molecule has 0 fully saturated rings. The number of para-hydroxylation sites is 1. The zero-order valence-corrected chi connectivity index (χ0v) is 30.9. The van der Waals surface area contributed by atoms with E-state index in [-0.39, 0.29) is 0 Å². The van der Waals surface area contributed by atoms with Gasteiger partial charge in [0.25, 0.3) is 0 Å². The molecule has 0 aliphatic heterocycles. The molecule has 0 N–H and O–H groups in total. The lowest BCUT2D eigenvalue weighted by atomic mass is 9.92. The van der Waals surface area contributed by atoms with E-state index in [1.807, 2.05) is 84.1 Å². The molecule has 3 heterocycles. The number of furan rings is 1. The Labute approximate surface area is 327 Å². The maximum absolute atomic E-state index is 6.92. The molecule has 0 aliphatic rings. The Kier molecular flexibility index (Phi) is 7.64. The summed E-state index contributed by atoms with van der Waals surface area (Å²) in [4.78, 5) is 15.1. The predicted molar refractivity (Wildman–Crippen MR) is 233 cm³/mol. The molecule has 0 saturated heterocycles. The van der Waals surface area contributed by atoms with Crippen molar-refractivity contribution in [2.24, 2.45) is 0 Å². The van der Waals surface area contributed by atoms with Gasteiger partial charge in [-0.3, -0.25) is 0 Å². The molecule has 0 amide bonds. The van der Waals surface area contributed by atoms with E-state index in [2.05, 4.69) is 115 Å². The van der Waals surface area contributed by atoms with Gasteiger partial charge in [-0.05, 0) is 58.1 Å². The molecule has 5 heteroatoms. The fraction of sp³-hybridized carbons (Fsp3) is 0. The summed E-state index contributed by atoms with van der Waals surface area (Å²) in [5, 5.41) is 4.47. The summed E-state index contributed by atoms with van der Waals surface area (Å²) >= 11 is 1.84. The van der Waals surface area contributed by atoms with Crippen LogP contribution in [-0.2, 0) is 0 Å². The molecule has 4 nitrogen and oxygen atoms in total. The van der Waals surface area contributed by atoms with Gasteiger partial charge in [-0.15, -0.1) is 11.3 Å². The Bertz CT molecular complexity index is 3180. The summed E-state index contributed by atoms with van der Waals surface area (Å²) in [6, 6.07) is 65.7. The second-order valence-corrected chi connectivity index (χ2v) is 15.0. The SMILES string of the molecule is c1ccc(-c2cccc(-c3cc(-c4cccc5c4oc4cccc(-c6nc(-c7ccccc7)nc(-c7ccccc7)n6)c45)c4c(c3)sc3ccccc34)c2)cc1. The van der Waals surface area contributed by atoms with Crippen LogP contribution >= 0.6 is 11.3 Å². The summed E-state index contributed by atoms with van der Waals surface area (Å²) in [5.41, 5.74) is 11.3. The predicted octanol–water partition coefficient (Wildman–Crippen LogP) is 14.1. The Morgan fingerprint density at radius 3 is 1.62 bits per heavy atom. The van der Waals surface area contributed by atoms with Gasteiger partial charge < -0.3 is 4.42 Å². The summed E-state index contributed by atoms with van der Waals surface area (Å²) in [5.74, 6) is 1.85. The molecule has 56 heavy (non-hydrogen) atoms. The second-order valence-electron chi connectivity index (χ2n) is 13.9. The van der Waals surface area contributed by atoms with Crippen molar-refractivity contribution in [2.45, 2.75) is 0 Å². The summed E-state index contributed by atoms with van der Waals surface area (Å²) < 4.78 is 9.42. The smallest absolute Gasteiger partial charge is 0.164 e. The highest BCUT2D eigenvalue weighted by atomic mass is 32.1. The van der Waals surface area contributed by atoms with Crippen LogP contribution in [0, 0.1) is 0 Å². The van der Waals surface area contributed by atoms with Gasteiger partial charge in [-0.2, -0.15) is 0 Å². The van der Waals surface area contributed by atoms with Gasteiger partial charge in [0.2, 0.25) is 0 Å². The summed E-state index contributed by atoms with van der Waals surface area (Å²) in [6.45, 7) is 0. The third-order valence-electron chi connectivity index (χ3n) is 10.5. The van der Waals surface area contributed by atoms with E-state index in [9.17, 15) is 0 Å². The molecule has 3 aromatic heterocycles. The normalized spacial score (nSPS) is 11.6. The van der Waals surface area contributed by atoms with E-state index < -0.39 is 0 Å². The highest BCUT2D eigenvalue weighted by Gasteiger charge is 2.22. The minimum Gasteiger partial charge on any atom is -0.455 e. The van der Waals surface area contributed by atoms with Gasteiger partial charge in [0.1, 0.15) is 11.2 Å². The van der Waals surface area contributed by atoms with Crippen molar-refractivity contribution in [3.63, 3.8) is 0 Å². The fourth-order valence-electron chi connectivity index (χ4n) is 7.92. The molecule has 262 valence electrons. The number of aromatic nitrogens is 3. The van der Waals surface area contributed by atoms with Crippen LogP contribution in [0.3, 0.4) is 0 Å². The molecule has 0 bridgehead atoms. The van der Waals surface area contributed by atoms with Crippen LogP contribution in [0.15, 0.2) is 192 Å². The van der Waals surface area contributed by atoms with Gasteiger partial charge in [-0.25, -0.2) is 15.0 Å². The first kappa shape index (κ1) is 32.2. The van der Waals surface area contributed by atoms with Crippen molar-refractivity contribution < 1.29 is 4.42 Å². The average Bonchev–Trinajstić information content (AvgIpc) is 3.86. The van der Waals surface area contributed by atoms with Gasteiger partial charge >= 0.3 is 0 Å². The maximum Gasteiger partial charge on any atom is 0.164 e. The highest BCUT2D eigenvalue weighted by Crippen LogP contribution is 2.47. The Balaban J connectivity index is 1.14. The number of hydrogen-bond acceptors (Lipinski definition) is 5. The first-order chi connectivity index (χ1) is 27.7. The molecule has 0 radical (unpaired) electrons. The first-order valence-electron chi connectivity index (χ1n) is 18.7. The molecule has 0 atom stereocenters. The van der Waals surface area contributed by atoms with Crippen LogP contribution in [-0.4, -0.2) is 15.0 Å². The van der Waals surface area contributed by atoms with Crippen LogP contribution < -0.4 is 0 Å². The lowest BCUT2D eigenvalue weighted by Gasteiger charge is -2.11. The van der Waals surface area contributed by atoms with Crippen molar-refractivity contribution in [1.82, 2.24) is 15.0 Å². The van der Waals surface area contributed by atoms with Gasteiger partial charge in [0.15, 0.2) is 17.5 Å². The molecule has 0 unspecified atom stereocenters. The Hall–Kier alpha value is -7.21. The quantitative estimate of drug-likeness (QED) is 0.171. The minimum atomic E-state index is 0.600. The standard InChI is InChI=1S/C51H31N3OS/c1-4-15-32(16-5-1)35-21-12-22-36(29-35)37-30-42(47-39-23-10-11-28-44(39)56-45(47)31-37)38-24-13-25-40-46-41(26-14-27-43(46)55-48(38)40)51-53-49(33-17-6-2-7-18-33)52-50(54-51)34-19-8-3-9-20-34/h1-31H. The third-order valence-corrected chi connectivity index (χ3v) is 11.7. The van der Waals surface area contributed by atoms with Crippen LogP contribution in [0.25, 0.3) is 110 Å². The van der Waals surface area contributed by atoms with Gasteiger partial charge in [0, 0.05) is 53.2 Å². The molecule has 0 saturated carbocycles. The molecule has 0 spiro atoms. The van der Waals surface area contributed by atoms with E-state index in [4.69, 9.17) is 19.4 Å². The molecule has 11 aromatic rings. The van der Waals surface area contributed by atoms with Gasteiger partial charge in [0.05, 0.1) is 0 Å². The van der Waals surface area contributed by atoms with Gasteiger partial charge in [-0.1, -0.05) is 158 Å². The van der Waals surface area contributed by atoms with E-state index in [1.165, 1.54) is 36.9 Å². The van der Waals surface area contributed by atoms with E-state index in [0.29, 0.717) is 17.5 Å². The van der Waals surface area contributed by atoms with Crippen LogP contribution in [0.2, 0.25) is 0 Å². The number of rotatable bonds is 6. The number of fused-ring (bicyclic) bond motifs is 6. The zero-order valence-electron chi connectivity index (χ0n) is 30.1. The largest absolute Gasteiger partial charge is 0.455 e. The third kappa shape index (κ3) is 5.48. The first-order valence-corrected chi connectivity index (χ1v) is 19.5. The van der Waals surface area contributed by atoms with Crippen LogP contribution in [0.1, 0.15) is 0 Å². The Morgan fingerprint density at radius 2 is 0.893 bits per heavy atom. The number of benzene rings is 8. The molecule has 0 aliphatic carbocycles.